The van der Waals surface area contributed by atoms with Crippen molar-refractivity contribution in [2.45, 2.75) is 89.6 Å². The number of nitrogens with two attached hydrogens (primary N) is 1. The molecule has 21 heavy (non-hydrogen) atoms. The molecule has 3 fully saturated rings. The Balaban J connectivity index is 1.71. The van der Waals surface area contributed by atoms with Crippen LogP contribution in [0, 0.1) is 17.8 Å². The largest absolute Gasteiger partial charge is 0.330 e. The summed E-state index contributed by atoms with van der Waals surface area (Å²) >= 11 is 0. The van der Waals surface area contributed by atoms with E-state index in [0.29, 0.717) is 0 Å². The molecule has 2 heteroatoms. The van der Waals surface area contributed by atoms with Crippen molar-refractivity contribution in [2.24, 2.45) is 23.5 Å². The zero-order chi connectivity index (χ0) is 14.7. The van der Waals surface area contributed by atoms with Gasteiger partial charge in [-0.15, -0.1) is 0 Å². The Labute approximate surface area is 131 Å². The zero-order valence-electron chi connectivity index (χ0n) is 14.1. The molecule has 1 aliphatic heterocycles. The third-order valence-corrected chi connectivity index (χ3v) is 6.78. The van der Waals surface area contributed by atoms with Gasteiger partial charge in [-0.2, -0.15) is 0 Å². The number of likely N-dealkylation sites (tertiary alicyclic amines) is 1. The van der Waals surface area contributed by atoms with Crippen LogP contribution in [0.5, 0.6) is 0 Å². The van der Waals surface area contributed by atoms with Crippen molar-refractivity contribution in [1.29, 1.82) is 0 Å². The summed E-state index contributed by atoms with van der Waals surface area (Å²) in [4.78, 5) is 2.96. The van der Waals surface area contributed by atoms with Crippen LogP contribution in [-0.2, 0) is 0 Å². The summed E-state index contributed by atoms with van der Waals surface area (Å²) in [5.74, 6) is 2.77. The summed E-state index contributed by atoms with van der Waals surface area (Å²) < 4.78 is 0. The van der Waals surface area contributed by atoms with Gasteiger partial charge in [0.25, 0.3) is 0 Å². The molecular formula is C19H36N2. The standard InChI is InChI=1S/C19H36N2/c1-2-6-15-10-11-17(14-20)19(13-15)21-12-5-8-16-7-3-4-9-18(16)21/h15-19H,2-14,20H2,1H3/t15?,16-,17?,18-,19?/m1/s1. The minimum Gasteiger partial charge on any atom is -0.330 e. The van der Waals surface area contributed by atoms with Crippen LogP contribution in [0.25, 0.3) is 0 Å². The van der Waals surface area contributed by atoms with Gasteiger partial charge in [0.2, 0.25) is 0 Å². The molecular weight excluding hydrogens is 256 g/mol. The van der Waals surface area contributed by atoms with Crippen molar-refractivity contribution in [3.05, 3.63) is 0 Å². The van der Waals surface area contributed by atoms with E-state index in [0.717, 1.165) is 36.4 Å². The first-order valence-electron chi connectivity index (χ1n) is 9.79. The van der Waals surface area contributed by atoms with Gasteiger partial charge in [0, 0.05) is 12.1 Å². The number of nitrogens with zero attached hydrogens (tertiary/aromatic N) is 1. The van der Waals surface area contributed by atoms with E-state index in [4.69, 9.17) is 5.73 Å². The molecule has 2 nitrogen and oxygen atoms in total. The summed E-state index contributed by atoms with van der Waals surface area (Å²) in [6.45, 7) is 4.63. The molecule has 2 saturated carbocycles. The van der Waals surface area contributed by atoms with E-state index in [-0.39, 0.29) is 0 Å². The smallest absolute Gasteiger partial charge is 0.0141 e. The number of fused-ring (bicyclic) bond motifs is 1. The Morgan fingerprint density at radius 3 is 2.57 bits per heavy atom. The van der Waals surface area contributed by atoms with Crippen LogP contribution in [-0.4, -0.2) is 30.1 Å². The monoisotopic (exact) mass is 292 g/mol. The van der Waals surface area contributed by atoms with Gasteiger partial charge in [0.1, 0.15) is 0 Å². The fourth-order valence-corrected chi connectivity index (χ4v) is 5.72. The molecule has 0 radical (unpaired) electrons. The maximum absolute atomic E-state index is 6.16. The second-order valence-electron chi connectivity index (χ2n) is 8.02. The van der Waals surface area contributed by atoms with E-state index in [2.05, 4.69) is 11.8 Å². The van der Waals surface area contributed by atoms with Gasteiger partial charge in [-0.25, -0.2) is 0 Å². The lowest BCUT2D eigenvalue weighted by Gasteiger charge is -2.52. The maximum atomic E-state index is 6.16. The zero-order valence-corrected chi connectivity index (χ0v) is 14.1. The lowest BCUT2D eigenvalue weighted by Crippen LogP contribution is -2.56. The molecule has 3 unspecified atom stereocenters. The molecule has 122 valence electrons. The highest BCUT2D eigenvalue weighted by atomic mass is 15.2. The van der Waals surface area contributed by atoms with E-state index in [1.807, 2.05) is 0 Å². The molecule has 1 heterocycles. The molecule has 0 aromatic carbocycles. The molecule has 0 aromatic heterocycles. The van der Waals surface area contributed by atoms with E-state index >= 15 is 0 Å². The highest BCUT2D eigenvalue weighted by Crippen LogP contribution is 2.41. The predicted octanol–water partition coefficient (Wildman–Crippen LogP) is 4.18. The van der Waals surface area contributed by atoms with Gasteiger partial charge in [-0.05, 0) is 69.4 Å². The first kappa shape index (κ1) is 15.8. The van der Waals surface area contributed by atoms with Crippen molar-refractivity contribution in [3.63, 3.8) is 0 Å². The van der Waals surface area contributed by atoms with Gasteiger partial charge in [0.15, 0.2) is 0 Å². The van der Waals surface area contributed by atoms with Crippen LogP contribution in [0.4, 0.5) is 0 Å². The average Bonchev–Trinajstić information content (AvgIpc) is 2.54. The maximum Gasteiger partial charge on any atom is 0.0141 e. The summed E-state index contributed by atoms with van der Waals surface area (Å²) in [5.41, 5.74) is 6.16. The Morgan fingerprint density at radius 1 is 0.952 bits per heavy atom. The van der Waals surface area contributed by atoms with Crippen molar-refractivity contribution < 1.29 is 0 Å². The van der Waals surface area contributed by atoms with E-state index in [1.165, 1.54) is 77.2 Å². The molecule has 5 atom stereocenters. The fraction of sp³-hybridized carbons (Fsp3) is 1.00. The van der Waals surface area contributed by atoms with Crippen molar-refractivity contribution in [3.8, 4) is 0 Å². The van der Waals surface area contributed by atoms with Crippen LogP contribution >= 0.6 is 0 Å². The highest BCUT2D eigenvalue weighted by Gasteiger charge is 2.41. The summed E-state index contributed by atoms with van der Waals surface area (Å²) in [6.07, 6.45) is 15.9. The van der Waals surface area contributed by atoms with E-state index < -0.39 is 0 Å². The Bertz CT molecular complexity index is 315. The minimum atomic E-state index is 0.777. The van der Waals surface area contributed by atoms with Crippen LogP contribution in [0.2, 0.25) is 0 Å². The SMILES string of the molecule is CCCC1CCC(CN)C(N2CCC[C@H]3CCCC[C@H]32)C1. The number of piperidine rings is 1. The molecule has 0 amide bonds. The number of hydrogen-bond acceptors (Lipinski definition) is 2. The van der Waals surface area contributed by atoms with Gasteiger partial charge in [0.05, 0.1) is 0 Å². The summed E-state index contributed by atoms with van der Waals surface area (Å²) in [6, 6.07) is 1.72. The molecule has 0 aromatic rings. The predicted molar refractivity (Wildman–Crippen MR) is 90.3 cm³/mol. The molecule has 1 saturated heterocycles. The normalized spacial score (nSPS) is 41.7. The van der Waals surface area contributed by atoms with Crippen LogP contribution in [0.3, 0.4) is 0 Å². The van der Waals surface area contributed by atoms with Gasteiger partial charge < -0.3 is 5.73 Å². The second kappa shape index (κ2) is 7.46. The molecule has 2 N–H and O–H groups in total. The number of rotatable bonds is 4. The van der Waals surface area contributed by atoms with Crippen LogP contribution < -0.4 is 5.73 Å². The van der Waals surface area contributed by atoms with Crippen LogP contribution in [0.1, 0.15) is 77.6 Å². The highest BCUT2D eigenvalue weighted by molar-refractivity contribution is 4.95. The molecule has 2 aliphatic carbocycles. The van der Waals surface area contributed by atoms with Gasteiger partial charge >= 0.3 is 0 Å². The molecule has 0 spiro atoms. The minimum absolute atomic E-state index is 0.777. The van der Waals surface area contributed by atoms with Gasteiger partial charge in [-0.3, -0.25) is 4.90 Å². The summed E-state index contributed by atoms with van der Waals surface area (Å²) in [7, 11) is 0. The van der Waals surface area contributed by atoms with E-state index in [1.54, 1.807) is 0 Å². The lowest BCUT2D eigenvalue weighted by atomic mass is 9.72. The van der Waals surface area contributed by atoms with Crippen LogP contribution in [0.15, 0.2) is 0 Å². The Hall–Kier alpha value is -0.0800. The van der Waals surface area contributed by atoms with Crippen molar-refractivity contribution in [2.75, 3.05) is 13.1 Å². The quantitative estimate of drug-likeness (QED) is 0.842. The first-order valence-corrected chi connectivity index (χ1v) is 9.79. The third-order valence-electron chi connectivity index (χ3n) is 6.78. The average molecular weight is 293 g/mol. The number of hydrogen-bond donors (Lipinski definition) is 1. The van der Waals surface area contributed by atoms with Gasteiger partial charge in [-0.1, -0.05) is 39.0 Å². The topological polar surface area (TPSA) is 29.3 Å². The second-order valence-corrected chi connectivity index (χ2v) is 8.02. The molecule has 3 aliphatic rings. The summed E-state index contributed by atoms with van der Waals surface area (Å²) in [5, 5.41) is 0. The van der Waals surface area contributed by atoms with E-state index in [9.17, 15) is 0 Å². The first-order chi connectivity index (χ1) is 10.3. The lowest BCUT2D eigenvalue weighted by molar-refractivity contribution is -0.0180. The fourth-order valence-electron chi connectivity index (χ4n) is 5.72. The molecule has 0 bridgehead atoms. The van der Waals surface area contributed by atoms with Crippen molar-refractivity contribution in [1.82, 2.24) is 4.90 Å². The Morgan fingerprint density at radius 2 is 1.76 bits per heavy atom. The Kier molecular flexibility index (Phi) is 5.61. The molecule has 3 rings (SSSR count). The third kappa shape index (κ3) is 3.47. The van der Waals surface area contributed by atoms with Crippen molar-refractivity contribution >= 4 is 0 Å².